The second-order valence-corrected chi connectivity index (χ2v) is 5.14. The smallest absolute Gasteiger partial charge is 0.321 e. The number of ether oxygens (including phenoxy) is 1. The minimum atomic E-state index is -3.12. The van der Waals surface area contributed by atoms with Crippen molar-refractivity contribution in [3.63, 3.8) is 0 Å². The molecule has 1 fully saturated rings. The van der Waals surface area contributed by atoms with Gasteiger partial charge in [0.2, 0.25) is 6.41 Å². The Labute approximate surface area is 98.0 Å². The molecule has 0 aromatic heterocycles. The average molecular weight is 253 g/mol. The van der Waals surface area contributed by atoms with E-state index in [9.17, 15) is 18.7 Å². The zero-order chi connectivity index (χ0) is 13.4. The molecule has 1 aliphatic heterocycles. The normalized spacial score (nSPS) is 27.1. The number of carbonyl (C=O) groups is 1. The van der Waals surface area contributed by atoms with E-state index >= 15 is 0 Å². The summed E-state index contributed by atoms with van der Waals surface area (Å²) in [6.07, 6.45) is -2.46. The number of hydrogen-bond donors (Lipinski definition) is 2. The third-order valence-electron chi connectivity index (χ3n) is 2.33. The summed E-state index contributed by atoms with van der Waals surface area (Å²) in [7, 11) is 0. The summed E-state index contributed by atoms with van der Waals surface area (Å²) in [6.45, 7) is 4.10. The van der Waals surface area contributed by atoms with Crippen molar-refractivity contribution in [2.75, 3.05) is 6.54 Å². The lowest BCUT2D eigenvalue weighted by atomic mass is 10.2. The van der Waals surface area contributed by atoms with Gasteiger partial charge in [-0.2, -0.15) is 0 Å². The summed E-state index contributed by atoms with van der Waals surface area (Å²) in [5, 5.41) is 18.5. The molecule has 0 radical (unpaired) electrons. The molecular formula is C10H17F2NO4. The highest BCUT2D eigenvalue weighted by Gasteiger charge is 2.51. The molecule has 0 aliphatic carbocycles. The predicted octanol–water partition coefficient (Wildman–Crippen LogP) is 0.872. The number of hydrogen-bond acceptors (Lipinski definition) is 4. The van der Waals surface area contributed by atoms with Crippen LogP contribution in [-0.4, -0.2) is 51.6 Å². The van der Waals surface area contributed by atoms with Crippen LogP contribution in [0, 0.1) is 0 Å². The number of halogens is 2. The van der Waals surface area contributed by atoms with Crippen LogP contribution in [0.15, 0.2) is 0 Å². The lowest BCUT2D eigenvalue weighted by Gasteiger charge is -2.31. The molecule has 1 saturated heterocycles. The summed E-state index contributed by atoms with van der Waals surface area (Å²) in [6, 6.07) is -1.43. The van der Waals surface area contributed by atoms with E-state index in [2.05, 4.69) is 0 Å². The molecule has 7 heteroatoms. The van der Waals surface area contributed by atoms with Crippen molar-refractivity contribution in [2.45, 2.75) is 51.2 Å². The van der Waals surface area contributed by atoms with Crippen LogP contribution in [0.25, 0.3) is 0 Å². The van der Waals surface area contributed by atoms with Crippen molar-refractivity contribution in [1.82, 2.24) is 4.90 Å². The van der Waals surface area contributed by atoms with Gasteiger partial charge in [-0.1, -0.05) is 0 Å². The van der Waals surface area contributed by atoms with Crippen LogP contribution in [0.5, 0.6) is 0 Å². The number of alkyl halides is 2. The van der Waals surface area contributed by atoms with E-state index in [0.29, 0.717) is 0 Å². The summed E-state index contributed by atoms with van der Waals surface area (Å²) in [5.41, 5.74) is -0.750. The Balaban J connectivity index is 2.77. The average Bonchev–Trinajstić information content (AvgIpc) is 2.38. The van der Waals surface area contributed by atoms with E-state index in [-0.39, 0.29) is 0 Å². The number of carboxylic acids is 1. The van der Waals surface area contributed by atoms with E-state index in [0.717, 1.165) is 4.90 Å². The van der Waals surface area contributed by atoms with Crippen LogP contribution in [0.2, 0.25) is 0 Å². The second kappa shape index (κ2) is 4.47. The monoisotopic (exact) mass is 253 g/mol. The Kier molecular flexibility index (Phi) is 3.75. The minimum absolute atomic E-state index is 0.750. The fourth-order valence-electron chi connectivity index (χ4n) is 1.69. The standard InChI is InChI=1S/C10H17F2NO4/c1-9(2,3)17-8(16)13-5-10(11,12)4-6(13)7(14)15/h6,8,16H,4-5H2,1-3H3,(H,14,15)/t6-,8?/m0/s1. The molecule has 17 heavy (non-hydrogen) atoms. The van der Waals surface area contributed by atoms with E-state index in [4.69, 9.17) is 9.84 Å². The van der Waals surface area contributed by atoms with Gasteiger partial charge in [-0.05, 0) is 20.8 Å². The van der Waals surface area contributed by atoms with E-state index in [1.54, 1.807) is 20.8 Å². The molecule has 1 rings (SSSR count). The third kappa shape index (κ3) is 3.86. The lowest BCUT2D eigenvalue weighted by Crippen LogP contribution is -2.47. The fraction of sp³-hybridized carbons (Fsp3) is 0.900. The summed E-state index contributed by atoms with van der Waals surface area (Å²) in [4.78, 5) is 11.6. The lowest BCUT2D eigenvalue weighted by molar-refractivity contribution is -0.246. The molecule has 1 unspecified atom stereocenters. The minimum Gasteiger partial charge on any atom is -0.480 e. The predicted molar refractivity (Wildman–Crippen MR) is 54.5 cm³/mol. The first-order valence-corrected chi connectivity index (χ1v) is 5.24. The Bertz CT molecular complexity index is 303. The maximum Gasteiger partial charge on any atom is 0.321 e. The van der Waals surface area contributed by atoms with Gasteiger partial charge < -0.3 is 14.9 Å². The molecule has 0 aromatic carbocycles. The van der Waals surface area contributed by atoms with Crippen molar-refractivity contribution in [2.24, 2.45) is 0 Å². The van der Waals surface area contributed by atoms with Gasteiger partial charge in [0, 0.05) is 6.42 Å². The fourth-order valence-corrected chi connectivity index (χ4v) is 1.69. The van der Waals surface area contributed by atoms with Gasteiger partial charge in [-0.15, -0.1) is 0 Å². The highest BCUT2D eigenvalue weighted by molar-refractivity contribution is 5.74. The highest BCUT2D eigenvalue weighted by atomic mass is 19.3. The molecule has 1 aliphatic rings. The van der Waals surface area contributed by atoms with Gasteiger partial charge in [0.1, 0.15) is 6.04 Å². The van der Waals surface area contributed by atoms with Crippen LogP contribution in [0.3, 0.4) is 0 Å². The number of nitrogens with zero attached hydrogens (tertiary/aromatic N) is 1. The molecule has 0 aromatic rings. The van der Waals surface area contributed by atoms with Gasteiger partial charge in [0.05, 0.1) is 12.1 Å². The maximum atomic E-state index is 13.1. The van der Waals surface area contributed by atoms with Crippen LogP contribution in [0.4, 0.5) is 8.78 Å². The topological polar surface area (TPSA) is 70.0 Å². The molecule has 0 saturated carbocycles. The second-order valence-electron chi connectivity index (χ2n) is 5.14. The molecule has 2 atom stereocenters. The molecular weight excluding hydrogens is 236 g/mol. The first-order valence-electron chi connectivity index (χ1n) is 5.24. The third-order valence-corrected chi connectivity index (χ3v) is 2.33. The Morgan fingerprint density at radius 2 is 2.06 bits per heavy atom. The summed E-state index contributed by atoms with van der Waals surface area (Å²) in [5.74, 6) is -4.51. The number of carboxylic acid groups (broad SMARTS) is 1. The van der Waals surface area contributed by atoms with Gasteiger partial charge in [-0.3, -0.25) is 4.79 Å². The van der Waals surface area contributed by atoms with Crippen LogP contribution < -0.4 is 0 Å². The van der Waals surface area contributed by atoms with E-state index in [1.165, 1.54) is 0 Å². The number of aliphatic hydroxyl groups excluding tert-OH is 1. The number of aliphatic hydroxyl groups is 1. The van der Waals surface area contributed by atoms with Gasteiger partial charge >= 0.3 is 5.97 Å². The Morgan fingerprint density at radius 3 is 2.47 bits per heavy atom. The SMILES string of the molecule is CC(C)(C)OC(O)N1CC(F)(F)C[C@H]1C(=O)O. The Morgan fingerprint density at radius 1 is 1.53 bits per heavy atom. The quantitative estimate of drug-likeness (QED) is 0.730. The van der Waals surface area contributed by atoms with Crippen molar-refractivity contribution in [3.05, 3.63) is 0 Å². The zero-order valence-electron chi connectivity index (χ0n) is 9.98. The van der Waals surface area contributed by atoms with Crippen LogP contribution >= 0.6 is 0 Å². The first-order chi connectivity index (χ1) is 7.52. The van der Waals surface area contributed by atoms with Gasteiger partial charge in [0.25, 0.3) is 5.92 Å². The van der Waals surface area contributed by atoms with Crippen molar-refractivity contribution in [3.8, 4) is 0 Å². The number of likely N-dealkylation sites (tertiary alicyclic amines) is 1. The zero-order valence-corrected chi connectivity index (χ0v) is 9.98. The number of aliphatic carboxylic acids is 1. The Hall–Kier alpha value is -0.790. The molecule has 100 valence electrons. The van der Waals surface area contributed by atoms with Crippen molar-refractivity contribution >= 4 is 5.97 Å². The van der Waals surface area contributed by atoms with Gasteiger partial charge in [0.15, 0.2) is 0 Å². The molecule has 5 nitrogen and oxygen atoms in total. The summed E-state index contributed by atoms with van der Waals surface area (Å²) < 4.78 is 31.3. The molecule has 0 amide bonds. The number of rotatable bonds is 3. The highest BCUT2D eigenvalue weighted by Crippen LogP contribution is 2.34. The summed E-state index contributed by atoms with van der Waals surface area (Å²) >= 11 is 0. The van der Waals surface area contributed by atoms with Gasteiger partial charge in [-0.25, -0.2) is 13.7 Å². The van der Waals surface area contributed by atoms with E-state index < -0.39 is 42.9 Å². The molecule has 0 bridgehead atoms. The largest absolute Gasteiger partial charge is 0.480 e. The molecule has 2 N–H and O–H groups in total. The molecule has 0 spiro atoms. The van der Waals surface area contributed by atoms with Crippen LogP contribution in [-0.2, 0) is 9.53 Å². The van der Waals surface area contributed by atoms with Crippen LogP contribution in [0.1, 0.15) is 27.2 Å². The first kappa shape index (κ1) is 14.3. The maximum absolute atomic E-state index is 13.1. The van der Waals surface area contributed by atoms with E-state index in [1.807, 2.05) is 0 Å². The molecule has 1 heterocycles. The van der Waals surface area contributed by atoms with Crippen molar-refractivity contribution < 1.29 is 28.5 Å². The van der Waals surface area contributed by atoms with Crippen molar-refractivity contribution in [1.29, 1.82) is 0 Å².